The summed E-state index contributed by atoms with van der Waals surface area (Å²) in [6.45, 7) is 1.86. The number of anilines is 1. The third-order valence-electron chi connectivity index (χ3n) is 7.91. The van der Waals surface area contributed by atoms with Crippen LogP contribution >= 0.6 is 23.2 Å². The van der Waals surface area contributed by atoms with Gasteiger partial charge in [-0.3, -0.25) is 9.89 Å². The predicted octanol–water partition coefficient (Wildman–Crippen LogP) is 8.06. The predicted molar refractivity (Wildman–Crippen MR) is 162 cm³/mol. The Bertz CT molecular complexity index is 1580. The van der Waals surface area contributed by atoms with Crippen molar-refractivity contribution in [2.45, 2.75) is 31.1 Å². The standard InChI is InChI=1S/C33H29Cl2N3O2/c34-26-8-3-22(4-9-26)32(23-5-10-27(35)11-6-23)25-7-14-30-29(20-25)33(37-36-30)24-15-17-38(18-16-24)28-12-1-21(2-13-28)19-31(39)40/h1-14,20,24,32H,15-19H2,(H,36,37)(H,39,40). The highest BCUT2D eigenvalue weighted by Crippen LogP contribution is 2.38. The third kappa shape index (κ3) is 5.58. The number of hydrogen-bond donors (Lipinski definition) is 2. The van der Waals surface area contributed by atoms with E-state index in [-0.39, 0.29) is 12.3 Å². The van der Waals surface area contributed by atoms with E-state index in [0.717, 1.165) is 42.7 Å². The molecule has 5 nitrogen and oxygen atoms in total. The number of aromatic nitrogens is 2. The minimum absolute atomic E-state index is 0.0348. The fourth-order valence-electron chi connectivity index (χ4n) is 5.85. The number of carboxylic acid groups (broad SMARTS) is 1. The van der Waals surface area contributed by atoms with E-state index in [1.165, 1.54) is 27.8 Å². The Balaban J connectivity index is 1.26. The Morgan fingerprint density at radius 3 is 2.00 bits per heavy atom. The molecule has 0 amide bonds. The summed E-state index contributed by atoms with van der Waals surface area (Å²) in [5, 5.41) is 19.7. The molecule has 202 valence electrons. The average Bonchev–Trinajstić information content (AvgIpc) is 3.39. The lowest BCUT2D eigenvalue weighted by Crippen LogP contribution is -2.33. The molecule has 1 aromatic heterocycles. The molecule has 0 aliphatic carbocycles. The molecule has 4 aromatic carbocycles. The highest BCUT2D eigenvalue weighted by molar-refractivity contribution is 6.30. The maximum atomic E-state index is 11.0. The van der Waals surface area contributed by atoms with E-state index < -0.39 is 5.97 Å². The summed E-state index contributed by atoms with van der Waals surface area (Å²) in [6.07, 6.45) is 2.07. The lowest BCUT2D eigenvalue weighted by Gasteiger charge is -2.33. The van der Waals surface area contributed by atoms with E-state index in [9.17, 15) is 4.79 Å². The zero-order chi connectivity index (χ0) is 27.6. The van der Waals surface area contributed by atoms with Crippen molar-refractivity contribution >= 4 is 45.8 Å². The van der Waals surface area contributed by atoms with Crippen molar-refractivity contribution in [2.24, 2.45) is 0 Å². The van der Waals surface area contributed by atoms with Crippen molar-refractivity contribution in [1.29, 1.82) is 0 Å². The van der Waals surface area contributed by atoms with E-state index in [0.29, 0.717) is 16.0 Å². The van der Waals surface area contributed by atoms with Gasteiger partial charge in [0, 0.05) is 51.7 Å². The molecule has 6 rings (SSSR count). The number of carboxylic acids is 1. The topological polar surface area (TPSA) is 69.2 Å². The van der Waals surface area contributed by atoms with Crippen molar-refractivity contribution in [2.75, 3.05) is 18.0 Å². The molecule has 1 aliphatic rings. The highest BCUT2D eigenvalue weighted by Gasteiger charge is 2.25. The minimum atomic E-state index is -0.809. The van der Waals surface area contributed by atoms with E-state index in [2.05, 4.69) is 57.6 Å². The number of aliphatic carboxylic acids is 1. The monoisotopic (exact) mass is 569 g/mol. The van der Waals surface area contributed by atoms with Gasteiger partial charge in [-0.2, -0.15) is 5.10 Å². The van der Waals surface area contributed by atoms with Crippen LogP contribution in [0, 0.1) is 0 Å². The van der Waals surface area contributed by atoms with Gasteiger partial charge >= 0.3 is 5.97 Å². The van der Waals surface area contributed by atoms with Gasteiger partial charge in [0.15, 0.2) is 0 Å². The van der Waals surface area contributed by atoms with Crippen LogP contribution in [-0.4, -0.2) is 34.4 Å². The van der Waals surface area contributed by atoms with Gasteiger partial charge in [0.2, 0.25) is 0 Å². The van der Waals surface area contributed by atoms with Gasteiger partial charge in [0.05, 0.1) is 11.9 Å². The smallest absolute Gasteiger partial charge is 0.307 e. The average molecular weight is 571 g/mol. The molecular formula is C33H29Cl2N3O2. The first-order valence-electron chi connectivity index (χ1n) is 13.5. The van der Waals surface area contributed by atoms with E-state index in [1.54, 1.807) is 0 Å². The molecule has 1 saturated heterocycles. The van der Waals surface area contributed by atoms with E-state index in [4.69, 9.17) is 28.3 Å². The number of benzene rings is 4. The number of fused-ring (bicyclic) bond motifs is 1. The molecule has 0 saturated carbocycles. The van der Waals surface area contributed by atoms with Crippen LogP contribution in [0.5, 0.6) is 0 Å². The fourth-order valence-corrected chi connectivity index (χ4v) is 6.10. The van der Waals surface area contributed by atoms with Crippen molar-refractivity contribution < 1.29 is 9.90 Å². The molecule has 2 heterocycles. The molecule has 7 heteroatoms. The van der Waals surface area contributed by atoms with Gasteiger partial charge in [-0.05, 0) is 83.6 Å². The molecule has 0 bridgehead atoms. The van der Waals surface area contributed by atoms with Crippen molar-refractivity contribution in [1.82, 2.24) is 10.2 Å². The second kappa shape index (κ2) is 11.4. The molecule has 0 unspecified atom stereocenters. The molecular weight excluding hydrogens is 541 g/mol. The summed E-state index contributed by atoms with van der Waals surface area (Å²) < 4.78 is 0. The van der Waals surface area contributed by atoms with E-state index >= 15 is 0 Å². The molecule has 5 aromatic rings. The Morgan fingerprint density at radius 2 is 1.43 bits per heavy atom. The van der Waals surface area contributed by atoms with Gasteiger partial charge in [-0.1, -0.05) is 65.7 Å². The quantitative estimate of drug-likeness (QED) is 0.194. The van der Waals surface area contributed by atoms with Crippen molar-refractivity contribution in [3.05, 3.63) is 129 Å². The Kier molecular flexibility index (Phi) is 7.50. The molecule has 0 atom stereocenters. The number of nitrogens with zero attached hydrogens (tertiary/aromatic N) is 2. The number of piperidine rings is 1. The van der Waals surface area contributed by atoms with Gasteiger partial charge in [0.25, 0.3) is 0 Å². The second-order valence-corrected chi connectivity index (χ2v) is 11.3. The van der Waals surface area contributed by atoms with Crippen LogP contribution in [0.3, 0.4) is 0 Å². The van der Waals surface area contributed by atoms with Crippen LogP contribution < -0.4 is 4.90 Å². The number of aromatic amines is 1. The number of H-pyrrole nitrogens is 1. The van der Waals surface area contributed by atoms with Gasteiger partial charge in [-0.25, -0.2) is 0 Å². The number of carbonyl (C=O) groups is 1. The van der Waals surface area contributed by atoms with Crippen LogP contribution in [0.4, 0.5) is 5.69 Å². The largest absolute Gasteiger partial charge is 0.481 e. The Labute approximate surface area is 243 Å². The Morgan fingerprint density at radius 1 is 0.850 bits per heavy atom. The van der Waals surface area contributed by atoms with Crippen LogP contribution in [0.25, 0.3) is 10.9 Å². The molecule has 0 spiro atoms. The summed E-state index contributed by atoms with van der Waals surface area (Å²) in [5.41, 5.74) is 7.65. The molecule has 40 heavy (non-hydrogen) atoms. The zero-order valence-corrected chi connectivity index (χ0v) is 23.4. The number of hydrogen-bond acceptors (Lipinski definition) is 3. The number of halogens is 2. The summed E-state index contributed by atoms with van der Waals surface area (Å²) in [5.74, 6) is -0.393. The minimum Gasteiger partial charge on any atom is -0.481 e. The van der Waals surface area contributed by atoms with Gasteiger partial charge in [-0.15, -0.1) is 0 Å². The number of rotatable bonds is 7. The maximum Gasteiger partial charge on any atom is 0.307 e. The summed E-state index contributed by atoms with van der Waals surface area (Å²) in [4.78, 5) is 13.4. The second-order valence-electron chi connectivity index (χ2n) is 10.4. The van der Waals surface area contributed by atoms with Crippen molar-refractivity contribution in [3.8, 4) is 0 Å². The maximum absolute atomic E-state index is 11.0. The molecule has 1 fully saturated rings. The first-order valence-corrected chi connectivity index (χ1v) is 14.2. The van der Waals surface area contributed by atoms with Gasteiger partial charge in [0.1, 0.15) is 0 Å². The summed E-state index contributed by atoms with van der Waals surface area (Å²) in [6, 6.07) is 30.6. The van der Waals surface area contributed by atoms with Gasteiger partial charge < -0.3 is 10.0 Å². The molecule has 2 N–H and O–H groups in total. The normalized spacial score (nSPS) is 14.2. The van der Waals surface area contributed by atoms with Crippen molar-refractivity contribution in [3.63, 3.8) is 0 Å². The first kappa shape index (κ1) is 26.4. The third-order valence-corrected chi connectivity index (χ3v) is 8.41. The van der Waals surface area contributed by atoms with Crippen LogP contribution in [-0.2, 0) is 11.2 Å². The lowest BCUT2D eigenvalue weighted by molar-refractivity contribution is -0.136. The highest BCUT2D eigenvalue weighted by atomic mass is 35.5. The summed E-state index contributed by atoms with van der Waals surface area (Å²) >= 11 is 12.4. The van der Waals surface area contributed by atoms with Crippen LogP contribution in [0.1, 0.15) is 52.6 Å². The van der Waals surface area contributed by atoms with Crippen LogP contribution in [0.15, 0.2) is 91.0 Å². The molecule has 0 radical (unpaired) electrons. The number of nitrogens with one attached hydrogen (secondary N) is 1. The fraction of sp³-hybridized carbons (Fsp3) is 0.212. The molecule has 1 aliphatic heterocycles. The lowest BCUT2D eigenvalue weighted by atomic mass is 9.84. The summed E-state index contributed by atoms with van der Waals surface area (Å²) in [7, 11) is 0. The van der Waals surface area contributed by atoms with Crippen LogP contribution in [0.2, 0.25) is 10.0 Å². The van der Waals surface area contributed by atoms with E-state index in [1.807, 2.05) is 48.5 Å². The Hall–Kier alpha value is -3.80. The first-order chi connectivity index (χ1) is 19.4. The SMILES string of the molecule is O=C(O)Cc1ccc(N2CCC(c3[nH]nc4ccc(C(c5ccc(Cl)cc5)c5ccc(Cl)cc5)cc34)CC2)cc1. The zero-order valence-electron chi connectivity index (χ0n) is 21.9.